The molecular weight excluding hydrogens is 341 g/mol. The second-order valence-corrected chi connectivity index (χ2v) is 8.63. The molecule has 3 rings (SSSR count). The highest BCUT2D eigenvalue weighted by molar-refractivity contribution is 7.57. The van der Waals surface area contributed by atoms with Crippen LogP contribution in [0.1, 0.15) is 6.23 Å². The molecule has 4 atom stereocenters. The number of imidazole rings is 1. The topological polar surface area (TPSA) is 166 Å². The molecule has 132 valence electrons. The van der Waals surface area contributed by atoms with Crippen molar-refractivity contribution < 1.29 is 24.0 Å². The minimum atomic E-state index is -2.76. The van der Waals surface area contributed by atoms with Gasteiger partial charge in [-0.2, -0.15) is 4.98 Å². The van der Waals surface area contributed by atoms with E-state index < -0.39 is 37.5 Å². The molecule has 0 spiro atoms. The van der Waals surface area contributed by atoms with Crippen LogP contribution in [-0.4, -0.2) is 68.0 Å². The molecule has 0 unspecified atom stereocenters. The lowest BCUT2D eigenvalue weighted by Gasteiger charge is -2.17. The Morgan fingerprint density at radius 3 is 2.83 bits per heavy atom. The van der Waals surface area contributed by atoms with Crippen LogP contribution in [0.3, 0.4) is 0 Å². The van der Waals surface area contributed by atoms with Gasteiger partial charge >= 0.3 is 0 Å². The number of aliphatic hydroxyl groups excluding tert-OH is 2. The van der Waals surface area contributed by atoms with Crippen molar-refractivity contribution in [3.8, 4) is 0 Å². The Hall–Kier alpha value is -1.78. The fourth-order valence-corrected chi connectivity index (χ4v) is 2.98. The molecule has 0 aromatic carbocycles. The van der Waals surface area contributed by atoms with E-state index in [2.05, 4.69) is 15.0 Å². The summed E-state index contributed by atoms with van der Waals surface area (Å²) in [5.41, 5.74) is 5.14. The summed E-state index contributed by atoms with van der Waals surface area (Å²) in [6.07, 6.45) is -3.25. The maximum atomic E-state index is 11.8. The van der Waals surface area contributed by atoms with E-state index in [1.807, 2.05) is 0 Å². The van der Waals surface area contributed by atoms with Crippen LogP contribution in [0.25, 0.3) is 11.2 Å². The maximum absolute atomic E-state index is 11.8. The Labute approximate surface area is 135 Å². The third-order valence-electron chi connectivity index (χ3n) is 3.61. The van der Waals surface area contributed by atoms with E-state index in [4.69, 9.17) is 15.0 Å². The van der Waals surface area contributed by atoms with E-state index in [9.17, 15) is 19.6 Å². The van der Waals surface area contributed by atoms with Gasteiger partial charge in [-0.3, -0.25) is 18.9 Å². The molecule has 3 heterocycles. The molecule has 0 bridgehead atoms. The van der Waals surface area contributed by atoms with Crippen LogP contribution in [0.2, 0.25) is 0 Å². The largest absolute Gasteiger partial charge is 0.387 e. The summed E-state index contributed by atoms with van der Waals surface area (Å²) >= 11 is 0. The van der Waals surface area contributed by atoms with Gasteiger partial charge in [-0.05, 0) is 0 Å². The number of H-pyrrole nitrogens is 1. The van der Waals surface area contributed by atoms with Crippen molar-refractivity contribution in [2.24, 2.45) is 0 Å². The van der Waals surface area contributed by atoms with Crippen molar-refractivity contribution in [3.05, 3.63) is 16.7 Å². The molecule has 5 N–H and O–H groups in total. The van der Waals surface area contributed by atoms with Crippen LogP contribution in [-0.2, 0) is 13.8 Å². The number of aromatic nitrogens is 4. The Balaban J connectivity index is 1.90. The number of hydrogen-bond donors (Lipinski definition) is 4. The molecule has 0 saturated carbocycles. The van der Waals surface area contributed by atoms with E-state index in [-0.39, 0.29) is 23.7 Å². The zero-order chi connectivity index (χ0) is 17.6. The van der Waals surface area contributed by atoms with Gasteiger partial charge in [0.1, 0.15) is 18.3 Å². The number of hydrogen-bond acceptors (Lipinski definition) is 9. The fourth-order valence-electron chi connectivity index (χ4n) is 2.48. The summed E-state index contributed by atoms with van der Waals surface area (Å²) in [5.74, 6) is -0.111. The molecule has 1 saturated heterocycles. The van der Waals surface area contributed by atoms with E-state index in [0.29, 0.717) is 0 Å². The van der Waals surface area contributed by atoms with Crippen molar-refractivity contribution in [2.45, 2.75) is 24.5 Å². The second-order valence-electron chi connectivity index (χ2n) is 5.87. The number of nitrogens with two attached hydrogens (primary N) is 1. The van der Waals surface area contributed by atoms with E-state index in [1.165, 1.54) is 24.2 Å². The number of rotatable bonds is 4. The lowest BCUT2D eigenvalue weighted by atomic mass is 10.1. The number of aliphatic hydroxyl groups is 2. The number of fused-ring (bicyclic) bond motifs is 1. The average Bonchev–Trinajstić information content (AvgIpc) is 3.00. The summed E-state index contributed by atoms with van der Waals surface area (Å²) in [4.78, 5) is 22.0. The summed E-state index contributed by atoms with van der Waals surface area (Å²) < 4.78 is 23.7. The van der Waals surface area contributed by atoms with Crippen LogP contribution in [0, 0.1) is 0 Å². The molecule has 0 amide bonds. The van der Waals surface area contributed by atoms with Crippen molar-refractivity contribution in [2.75, 3.05) is 25.7 Å². The second kappa shape index (κ2) is 5.94. The molecule has 0 radical (unpaired) electrons. The molecule has 2 aromatic heterocycles. The lowest BCUT2D eigenvalue weighted by molar-refractivity contribution is -0.0469. The Morgan fingerprint density at radius 2 is 2.17 bits per heavy atom. The number of nitrogen functional groups attached to an aromatic ring is 1. The summed E-state index contributed by atoms with van der Waals surface area (Å²) in [6, 6.07) is 0. The normalized spacial score (nSPS) is 27.8. The first-order chi connectivity index (χ1) is 11.2. The molecule has 24 heavy (non-hydrogen) atoms. The van der Waals surface area contributed by atoms with E-state index in [1.54, 1.807) is 0 Å². The van der Waals surface area contributed by atoms with Gasteiger partial charge in [0, 0.05) is 13.3 Å². The van der Waals surface area contributed by atoms with Gasteiger partial charge in [-0.1, -0.05) is 0 Å². The maximum Gasteiger partial charge on any atom is 0.280 e. The standard InChI is InChI=1S/C12H18N5O6P/c1-24(2,21)22-3-5-7(18)8(19)11(23-5)17-4-14-6-9(17)15-12(13)16-10(6)20/h4-5,7-8,11,18-19H,3H2,1-2H3,(H3,13,15,16,20)/t5-,7-,8+,11-/m1/s1. The Bertz CT molecular complexity index is 859. The van der Waals surface area contributed by atoms with Crippen LogP contribution in [0.15, 0.2) is 11.1 Å². The number of nitrogens with one attached hydrogen (secondary N) is 1. The van der Waals surface area contributed by atoms with Crippen molar-refractivity contribution in [3.63, 3.8) is 0 Å². The molecule has 2 aromatic rings. The third kappa shape index (κ3) is 3.08. The van der Waals surface area contributed by atoms with Gasteiger partial charge < -0.3 is 25.2 Å². The van der Waals surface area contributed by atoms with Gasteiger partial charge in [0.15, 0.2) is 24.8 Å². The molecule has 11 nitrogen and oxygen atoms in total. The number of ether oxygens (including phenoxy) is 1. The molecular formula is C12H18N5O6P. The fraction of sp³-hybridized carbons (Fsp3) is 0.583. The zero-order valence-corrected chi connectivity index (χ0v) is 13.9. The van der Waals surface area contributed by atoms with Crippen LogP contribution in [0.5, 0.6) is 0 Å². The van der Waals surface area contributed by atoms with Gasteiger partial charge in [-0.25, -0.2) is 4.98 Å². The van der Waals surface area contributed by atoms with Gasteiger partial charge in [0.25, 0.3) is 5.56 Å². The SMILES string of the molecule is CP(C)(=O)OC[C@H]1O[C@@H](n2cnc3c(=O)[nH]c(N)nc32)[C@@H](O)[C@@H]1O. The summed E-state index contributed by atoms with van der Waals surface area (Å²) in [6.45, 7) is 2.72. The number of anilines is 1. The minimum Gasteiger partial charge on any atom is -0.387 e. The predicted octanol–water partition coefficient (Wildman–Crippen LogP) is -1.12. The third-order valence-corrected chi connectivity index (χ3v) is 4.38. The van der Waals surface area contributed by atoms with Crippen LogP contribution < -0.4 is 11.3 Å². The highest BCUT2D eigenvalue weighted by atomic mass is 31.2. The smallest absolute Gasteiger partial charge is 0.280 e. The number of aromatic amines is 1. The molecule has 1 fully saturated rings. The van der Waals surface area contributed by atoms with Crippen molar-refractivity contribution in [1.82, 2.24) is 19.5 Å². The highest BCUT2D eigenvalue weighted by Gasteiger charge is 2.44. The molecule has 1 aliphatic rings. The minimum absolute atomic E-state index is 0.0285. The van der Waals surface area contributed by atoms with Crippen molar-refractivity contribution in [1.29, 1.82) is 0 Å². The van der Waals surface area contributed by atoms with E-state index >= 15 is 0 Å². The van der Waals surface area contributed by atoms with Crippen molar-refractivity contribution >= 4 is 24.5 Å². The summed E-state index contributed by atoms with van der Waals surface area (Å²) in [7, 11) is -2.76. The molecule has 1 aliphatic heterocycles. The first-order valence-electron chi connectivity index (χ1n) is 7.11. The average molecular weight is 359 g/mol. The van der Waals surface area contributed by atoms with Crippen LogP contribution in [0.4, 0.5) is 5.95 Å². The first-order valence-corrected chi connectivity index (χ1v) is 9.63. The van der Waals surface area contributed by atoms with Crippen LogP contribution >= 0.6 is 7.37 Å². The first kappa shape index (κ1) is 17.1. The van der Waals surface area contributed by atoms with E-state index in [0.717, 1.165) is 0 Å². The Kier molecular flexibility index (Phi) is 4.22. The molecule has 0 aliphatic carbocycles. The Morgan fingerprint density at radius 1 is 1.46 bits per heavy atom. The number of nitrogens with zero attached hydrogens (tertiary/aromatic N) is 3. The zero-order valence-electron chi connectivity index (χ0n) is 13.0. The van der Waals surface area contributed by atoms with Gasteiger partial charge in [-0.15, -0.1) is 0 Å². The molecule has 12 heteroatoms. The quantitative estimate of drug-likeness (QED) is 0.494. The summed E-state index contributed by atoms with van der Waals surface area (Å²) in [5, 5.41) is 20.3. The van der Waals surface area contributed by atoms with Gasteiger partial charge in [0.2, 0.25) is 5.95 Å². The lowest BCUT2D eigenvalue weighted by Crippen LogP contribution is -2.33. The monoisotopic (exact) mass is 359 g/mol. The van der Waals surface area contributed by atoms with Gasteiger partial charge in [0.05, 0.1) is 12.9 Å². The highest BCUT2D eigenvalue weighted by Crippen LogP contribution is 2.39. The predicted molar refractivity (Wildman–Crippen MR) is 83.9 cm³/mol.